The summed E-state index contributed by atoms with van der Waals surface area (Å²) < 4.78 is 0. The van der Waals surface area contributed by atoms with Gasteiger partial charge in [-0.3, -0.25) is 0 Å². The molecule has 1 heterocycles. The average molecular weight is 280 g/mol. The Morgan fingerprint density at radius 3 is 2.47 bits per heavy atom. The van der Waals surface area contributed by atoms with E-state index in [4.69, 9.17) is 0 Å². The van der Waals surface area contributed by atoms with Crippen LogP contribution in [0.3, 0.4) is 0 Å². The van der Waals surface area contributed by atoms with E-state index in [1.165, 1.54) is 30.7 Å². The summed E-state index contributed by atoms with van der Waals surface area (Å²) >= 11 is 1.77. The van der Waals surface area contributed by atoms with Crippen LogP contribution in [0.2, 0.25) is 0 Å². The zero-order chi connectivity index (χ0) is 13.9. The van der Waals surface area contributed by atoms with Gasteiger partial charge in [0.2, 0.25) is 0 Å². The largest absolute Gasteiger partial charge is 0.310 e. The molecule has 0 saturated heterocycles. The lowest BCUT2D eigenvalue weighted by atomic mass is 9.70. The Morgan fingerprint density at radius 1 is 1.26 bits per heavy atom. The van der Waals surface area contributed by atoms with E-state index in [9.17, 15) is 0 Å². The van der Waals surface area contributed by atoms with Crippen LogP contribution in [-0.4, -0.2) is 11.5 Å². The molecule has 0 bridgehead atoms. The number of nitrogens with zero attached hydrogens (tertiary/aromatic N) is 1. The molecule has 0 aliphatic heterocycles. The Labute approximate surface area is 122 Å². The highest BCUT2D eigenvalue weighted by Gasteiger charge is 2.29. The van der Waals surface area contributed by atoms with Gasteiger partial charge in [-0.25, -0.2) is 4.98 Å². The summed E-state index contributed by atoms with van der Waals surface area (Å²) in [6, 6.07) is 0. The molecule has 108 valence electrons. The van der Waals surface area contributed by atoms with Crippen LogP contribution in [0.25, 0.3) is 0 Å². The molecule has 1 fully saturated rings. The molecule has 0 spiro atoms. The first-order valence-electron chi connectivity index (χ1n) is 7.57. The first-order chi connectivity index (χ1) is 8.95. The van der Waals surface area contributed by atoms with Crippen molar-refractivity contribution in [3.63, 3.8) is 0 Å². The van der Waals surface area contributed by atoms with Crippen molar-refractivity contribution >= 4 is 11.3 Å². The van der Waals surface area contributed by atoms with Crippen molar-refractivity contribution in [3.8, 4) is 0 Å². The second-order valence-corrected chi connectivity index (χ2v) is 8.04. The van der Waals surface area contributed by atoms with Crippen molar-refractivity contribution in [2.75, 3.05) is 6.54 Å². The van der Waals surface area contributed by atoms with E-state index in [0.717, 1.165) is 30.6 Å². The zero-order valence-electron chi connectivity index (χ0n) is 12.8. The smallest absolute Gasteiger partial charge is 0.107 e. The van der Waals surface area contributed by atoms with Crippen LogP contribution in [0.1, 0.15) is 57.2 Å². The molecule has 0 amide bonds. The fourth-order valence-corrected chi connectivity index (χ4v) is 3.84. The van der Waals surface area contributed by atoms with E-state index in [0.29, 0.717) is 5.41 Å². The minimum absolute atomic E-state index is 0.497. The molecular formula is C16H28N2S. The van der Waals surface area contributed by atoms with Gasteiger partial charge in [0.25, 0.3) is 0 Å². The highest BCUT2D eigenvalue weighted by atomic mass is 32.1. The monoisotopic (exact) mass is 280 g/mol. The third-order valence-corrected chi connectivity index (χ3v) is 5.41. The maximum Gasteiger partial charge on any atom is 0.107 e. The molecule has 1 aliphatic rings. The number of aryl methyl sites for hydroxylation is 1. The second-order valence-electron chi connectivity index (χ2n) is 7.10. The second kappa shape index (κ2) is 6.36. The van der Waals surface area contributed by atoms with Crippen molar-refractivity contribution in [1.29, 1.82) is 0 Å². The van der Waals surface area contributed by atoms with Gasteiger partial charge in [-0.15, -0.1) is 11.3 Å². The minimum atomic E-state index is 0.497. The fourth-order valence-electron chi connectivity index (χ4n) is 3.10. The molecule has 1 aromatic rings. The average Bonchev–Trinajstić information content (AvgIpc) is 2.75. The van der Waals surface area contributed by atoms with Crippen LogP contribution in [0, 0.1) is 24.2 Å². The molecule has 1 saturated carbocycles. The lowest BCUT2D eigenvalue weighted by molar-refractivity contribution is 0.149. The third kappa shape index (κ3) is 4.57. The Kier molecular flexibility index (Phi) is 5.02. The molecule has 1 aliphatic carbocycles. The number of hydrogen-bond donors (Lipinski definition) is 1. The lowest BCUT2D eigenvalue weighted by Gasteiger charge is -2.37. The first-order valence-corrected chi connectivity index (χ1v) is 8.45. The Bertz CT molecular complexity index is 384. The number of rotatable bonds is 4. The van der Waals surface area contributed by atoms with E-state index < -0.39 is 0 Å². The van der Waals surface area contributed by atoms with Gasteiger partial charge in [0.05, 0.1) is 0 Å². The topological polar surface area (TPSA) is 24.9 Å². The highest BCUT2D eigenvalue weighted by molar-refractivity contribution is 7.09. The molecule has 2 rings (SSSR count). The number of thiazole rings is 1. The van der Waals surface area contributed by atoms with Crippen LogP contribution < -0.4 is 5.32 Å². The van der Waals surface area contributed by atoms with Crippen molar-refractivity contribution in [3.05, 3.63) is 16.1 Å². The molecule has 1 N–H and O–H groups in total. The van der Waals surface area contributed by atoms with Crippen molar-refractivity contribution in [1.82, 2.24) is 10.3 Å². The van der Waals surface area contributed by atoms with E-state index in [1.54, 1.807) is 11.3 Å². The summed E-state index contributed by atoms with van der Waals surface area (Å²) in [6.07, 6.45) is 5.61. The van der Waals surface area contributed by atoms with Crippen molar-refractivity contribution < 1.29 is 0 Å². The van der Waals surface area contributed by atoms with Crippen LogP contribution in [0.4, 0.5) is 0 Å². The summed E-state index contributed by atoms with van der Waals surface area (Å²) in [5, 5.41) is 6.94. The van der Waals surface area contributed by atoms with Gasteiger partial charge in [0.15, 0.2) is 0 Å². The van der Waals surface area contributed by atoms with Gasteiger partial charge < -0.3 is 5.32 Å². The SMILES string of the molecule is Cc1csc(CNCC2CCC(C(C)(C)C)CC2)n1. The number of nitrogens with one attached hydrogen (secondary N) is 1. The van der Waals surface area contributed by atoms with Gasteiger partial charge >= 0.3 is 0 Å². The van der Waals surface area contributed by atoms with E-state index in [1.807, 2.05) is 0 Å². The van der Waals surface area contributed by atoms with Gasteiger partial charge in [-0.2, -0.15) is 0 Å². The summed E-state index contributed by atoms with van der Waals surface area (Å²) in [4.78, 5) is 4.49. The quantitative estimate of drug-likeness (QED) is 0.884. The van der Waals surface area contributed by atoms with Gasteiger partial charge in [0, 0.05) is 17.6 Å². The van der Waals surface area contributed by atoms with Crippen molar-refractivity contribution in [2.24, 2.45) is 17.3 Å². The molecule has 19 heavy (non-hydrogen) atoms. The van der Waals surface area contributed by atoms with Gasteiger partial charge in [-0.05, 0) is 56.4 Å². The zero-order valence-corrected chi connectivity index (χ0v) is 13.6. The summed E-state index contributed by atoms with van der Waals surface area (Å²) in [5.74, 6) is 1.80. The summed E-state index contributed by atoms with van der Waals surface area (Å²) in [6.45, 7) is 11.3. The van der Waals surface area contributed by atoms with Crippen LogP contribution in [0.15, 0.2) is 5.38 Å². The molecule has 1 aromatic heterocycles. The van der Waals surface area contributed by atoms with Gasteiger partial charge in [-0.1, -0.05) is 20.8 Å². The Hall–Kier alpha value is -0.410. The standard InChI is InChI=1S/C16H28N2S/c1-12-11-19-15(18-12)10-17-9-13-5-7-14(8-6-13)16(2,3)4/h11,13-14,17H,5-10H2,1-4H3. The third-order valence-electron chi connectivity index (χ3n) is 4.45. The van der Waals surface area contributed by atoms with Crippen LogP contribution in [0.5, 0.6) is 0 Å². The first kappa shape index (κ1) is 15.0. The minimum Gasteiger partial charge on any atom is -0.310 e. The maximum atomic E-state index is 4.49. The van der Waals surface area contributed by atoms with Crippen LogP contribution in [-0.2, 0) is 6.54 Å². The Morgan fingerprint density at radius 2 is 1.95 bits per heavy atom. The molecule has 0 radical (unpaired) electrons. The number of aromatic nitrogens is 1. The fraction of sp³-hybridized carbons (Fsp3) is 0.812. The predicted molar refractivity (Wildman–Crippen MR) is 83.5 cm³/mol. The summed E-state index contributed by atoms with van der Waals surface area (Å²) in [5.41, 5.74) is 1.64. The van der Waals surface area contributed by atoms with Crippen molar-refractivity contribution in [2.45, 2.75) is 59.9 Å². The molecule has 0 unspecified atom stereocenters. The molecule has 2 nitrogen and oxygen atoms in total. The molecule has 0 aromatic carbocycles. The molecule has 0 atom stereocenters. The number of hydrogen-bond acceptors (Lipinski definition) is 3. The lowest BCUT2D eigenvalue weighted by Crippen LogP contribution is -2.30. The predicted octanol–water partition coefficient (Wildman–Crippen LogP) is 4.39. The molecular weight excluding hydrogens is 252 g/mol. The normalized spacial score (nSPS) is 24.6. The molecule has 3 heteroatoms. The van der Waals surface area contributed by atoms with E-state index >= 15 is 0 Å². The summed E-state index contributed by atoms with van der Waals surface area (Å²) in [7, 11) is 0. The van der Waals surface area contributed by atoms with Crippen LogP contribution >= 0.6 is 11.3 Å². The van der Waals surface area contributed by atoms with E-state index in [-0.39, 0.29) is 0 Å². The van der Waals surface area contributed by atoms with Gasteiger partial charge in [0.1, 0.15) is 5.01 Å². The Balaban J connectivity index is 1.66. The van der Waals surface area contributed by atoms with E-state index in [2.05, 4.69) is 43.4 Å². The maximum absolute atomic E-state index is 4.49. The highest BCUT2D eigenvalue weighted by Crippen LogP contribution is 2.39.